The summed E-state index contributed by atoms with van der Waals surface area (Å²) < 4.78 is 7.57. The van der Waals surface area contributed by atoms with Gasteiger partial charge in [-0.05, 0) is 22.4 Å². The molecular formula is C9H11BrN2O2. The first kappa shape index (κ1) is 9.86. The van der Waals surface area contributed by atoms with E-state index in [1.165, 1.54) is 0 Å². The van der Waals surface area contributed by atoms with Crippen LogP contribution in [0, 0.1) is 5.92 Å². The van der Waals surface area contributed by atoms with Gasteiger partial charge in [-0.15, -0.1) is 0 Å². The van der Waals surface area contributed by atoms with E-state index >= 15 is 0 Å². The summed E-state index contributed by atoms with van der Waals surface area (Å²) in [5.74, 6) is 0.137. The average molecular weight is 259 g/mol. The lowest BCUT2D eigenvalue weighted by atomic mass is 10.00. The van der Waals surface area contributed by atoms with Crippen molar-refractivity contribution in [3.63, 3.8) is 0 Å². The molecule has 1 fully saturated rings. The summed E-state index contributed by atoms with van der Waals surface area (Å²) in [6, 6.07) is 0. The van der Waals surface area contributed by atoms with Gasteiger partial charge in [-0.2, -0.15) is 5.10 Å². The summed E-state index contributed by atoms with van der Waals surface area (Å²) in [5.41, 5.74) is 0.656. The molecule has 1 aromatic rings. The van der Waals surface area contributed by atoms with Crippen LogP contribution in [0.25, 0.3) is 0 Å². The normalized spacial score (nSPS) is 21.4. The number of halogens is 1. The molecular weight excluding hydrogens is 248 g/mol. The first-order valence-electron chi connectivity index (χ1n) is 4.49. The number of ether oxygens (including phenoxy) is 1. The summed E-state index contributed by atoms with van der Waals surface area (Å²) in [6.07, 6.45) is 2.42. The first-order chi connectivity index (χ1) is 6.70. The Kier molecular flexibility index (Phi) is 2.69. The van der Waals surface area contributed by atoms with Gasteiger partial charge in [-0.25, -0.2) is 0 Å². The van der Waals surface area contributed by atoms with E-state index < -0.39 is 0 Å². The SMILES string of the molecule is Cn1ncc(C(=O)C2CCOC2)c1Br. The summed E-state index contributed by atoms with van der Waals surface area (Å²) >= 11 is 3.34. The van der Waals surface area contributed by atoms with Gasteiger partial charge in [0.05, 0.1) is 18.4 Å². The Balaban J connectivity index is 2.22. The molecule has 1 aliphatic rings. The maximum atomic E-state index is 11.9. The lowest BCUT2D eigenvalue weighted by Gasteiger charge is -2.04. The highest BCUT2D eigenvalue weighted by molar-refractivity contribution is 9.10. The van der Waals surface area contributed by atoms with Crippen LogP contribution in [0.15, 0.2) is 10.8 Å². The van der Waals surface area contributed by atoms with Gasteiger partial charge in [0.15, 0.2) is 5.78 Å². The second kappa shape index (κ2) is 3.82. The number of hydrogen-bond acceptors (Lipinski definition) is 3. The summed E-state index contributed by atoms with van der Waals surface area (Å²) in [4.78, 5) is 11.9. The van der Waals surface area contributed by atoms with Crippen LogP contribution in [0.2, 0.25) is 0 Å². The Morgan fingerprint density at radius 2 is 2.57 bits per heavy atom. The molecule has 14 heavy (non-hydrogen) atoms. The Labute approximate surface area is 90.4 Å². The van der Waals surface area contributed by atoms with E-state index in [1.807, 2.05) is 0 Å². The molecule has 1 aliphatic heterocycles. The van der Waals surface area contributed by atoms with Crippen LogP contribution in [0.1, 0.15) is 16.8 Å². The van der Waals surface area contributed by atoms with Crippen LogP contribution in [-0.4, -0.2) is 28.8 Å². The van der Waals surface area contributed by atoms with Gasteiger partial charge in [-0.3, -0.25) is 9.48 Å². The second-order valence-electron chi connectivity index (χ2n) is 3.40. The highest BCUT2D eigenvalue weighted by Gasteiger charge is 2.27. The minimum Gasteiger partial charge on any atom is -0.381 e. The Bertz CT molecular complexity index is 356. The zero-order valence-corrected chi connectivity index (χ0v) is 9.45. The molecule has 1 saturated heterocycles. The molecule has 0 spiro atoms. The zero-order valence-electron chi connectivity index (χ0n) is 7.86. The Hall–Kier alpha value is -0.680. The molecule has 0 N–H and O–H groups in total. The van der Waals surface area contributed by atoms with Crippen molar-refractivity contribution in [1.82, 2.24) is 9.78 Å². The van der Waals surface area contributed by atoms with Gasteiger partial charge in [0.25, 0.3) is 0 Å². The van der Waals surface area contributed by atoms with Crippen molar-refractivity contribution in [3.8, 4) is 0 Å². The maximum Gasteiger partial charge on any atom is 0.172 e. The first-order valence-corrected chi connectivity index (χ1v) is 5.29. The largest absolute Gasteiger partial charge is 0.381 e. The number of Topliss-reactive ketones (excluding diaryl/α,β-unsaturated/α-hetero) is 1. The highest BCUT2D eigenvalue weighted by atomic mass is 79.9. The molecule has 0 saturated carbocycles. The van der Waals surface area contributed by atoms with Crippen molar-refractivity contribution < 1.29 is 9.53 Å². The van der Waals surface area contributed by atoms with E-state index in [0.29, 0.717) is 18.8 Å². The number of nitrogens with zero attached hydrogens (tertiary/aromatic N) is 2. The predicted octanol–water partition coefficient (Wildman–Crippen LogP) is 1.40. The van der Waals surface area contributed by atoms with Gasteiger partial charge in [0, 0.05) is 19.6 Å². The van der Waals surface area contributed by atoms with Crippen molar-refractivity contribution in [3.05, 3.63) is 16.4 Å². The van der Waals surface area contributed by atoms with Crippen molar-refractivity contribution in [2.75, 3.05) is 13.2 Å². The molecule has 1 atom stereocenters. The number of aryl methyl sites for hydroxylation is 1. The summed E-state index contributed by atoms with van der Waals surface area (Å²) in [5, 5.41) is 4.02. The van der Waals surface area contributed by atoms with E-state index in [0.717, 1.165) is 11.0 Å². The summed E-state index contributed by atoms with van der Waals surface area (Å²) in [6.45, 7) is 1.23. The molecule has 0 aromatic carbocycles. The second-order valence-corrected chi connectivity index (χ2v) is 4.15. The molecule has 0 bridgehead atoms. The number of carbonyl (C=O) groups excluding carboxylic acids is 1. The van der Waals surface area contributed by atoms with E-state index in [2.05, 4.69) is 21.0 Å². The molecule has 2 heterocycles. The Morgan fingerprint density at radius 1 is 1.79 bits per heavy atom. The van der Waals surface area contributed by atoms with Crippen molar-refractivity contribution >= 4 is 21.7 Å². The Morgan fingerprint density at radius 3 is 3.07 bits per heavy atom. The molecule has 1 unspecified atom stereocenters. The molecule has 0 amide bonds. The molecule has 4 nitrogen and oxygen atoms in total. The van der Waals surface area contributed by atoms with Crippen molar-refractivity contribution in [2.24, 2.45) is 13.0 Å². The van der Waals surface area contributed by atoms with E-state index in [9.17, 15) is 4.79 Å². The lowest BCUT2D eigenvalue weighted by molar-refractivity contribution is 0.0899. The van der Waals surface area contributed by atoms with Crippen LogP contribution < -0.4 is 0 Å². The quantitative estimate of drug-likeness (QED) is 0.754. The third-order valence-electron chi connectivity index (χ3n) is 2.43. The van der Waals surface area contributed by atoms with Crippen LogP contribution in [0.3, 0.4) is 0 Å². The van der Waals surface area contributed by atoms with E-state index in [1.54, 1.807) is 17.9 Å². The monoisotopic (exact) mass is 258 g/mol. The number of hydrogen-bond donors (Lipinski definition) is 0. The minimum atomic E-state index is 0.00972. The van der Waals surface area contributed by atoms with Crippen molar-refractivity contribution in [2.45, 2.75) is 6.42 Å². The van der Waals surface area contributed by atoms with Crippen molar-refractivity contribution in [1.29, 1.82) is 0 Å². The minimum absolute atomic E-state index is 0.00972. The number of carbonyl (C=O) groups is 1. The fourth-order valence-corrected chi connectivity index (χ4v) is 1.94. The molecule has 2 rings (SSSR count). The van der Waals surface area contributed by atoms with Gasteiger partial charge < -0.3 is 4.74 Å². The number of ketones is 1. The lowest BCUT2D eigenvalue weighted by Crippen LogP contribution is -2.14. The smallest absolute Gasteiger partial charge is 0.172 e. The topological polar surface area (TPSA) is 44.1 Å². The molecule has 0 aliphatic carbocycles. The van der Waals surface area contributed by atoms with Crippen LogP contribution in [0.4, 0.5) is 0 Å². The average Bonchev–Trinajstić information content (AvgIpc) is 2.77. The van der Waals surface area contributed by atoms with Gasteiger partial charge in [0.2, 0.25) is 0 Å². The molecule has 0 radical (unpaired) electrons. The van der Waals surface area contributed by atoms with E-state index in [-0.39, 0.29) is 11.7 Å². The third kappa shape index (κ3) is 1.62. The standard InChI is InChI=1S/C9H11BrN2O2/c1-12-9(10)7(4-11-12)8(13)6-2-3-14-5-6/h4,6H,2-3,5H2,1H3. The highest BCUT2D eigenvalue weighted by Crippen LogP contribution is 2.23. The van der Waals surface area contributed by atoms with Gasteiger partial charge in [-0.1, -0.05) is 0 Å². The molecule has 76 valence electrons. The predicted molar refractivity (Wildman–Crippen MR) is 54.2 cm³/mol. The fraction of sp³-hybridized carbons (Fsp3) is 0.556. The maximum absolute atomic E-state index is 11.9. The number of rotatable bonds is 2. The zero-order chi connectivity index (χ0) is 10.1. The van der Waals surface area contributed by atoms with Gasteiger partial charge in [0.1, 0.15) is 4.60 Å². The van der Waals surface area contributed by atoms with Crippen LogP contribution >= 0.6 is 15.9 Å². The number of aromatic nitrogens is 2. The summed E-state index contributed by atoms with van der Waals surface area (Å²) in [7, 11) is 1.80. The molecule has 5 heteroatoms. The van der Waals surface area contributed by atoms with Crippen LogP contribution in [-0.2, 0) is 11.8 Å². The van der Waals surface area contributed by atoms with E-state index in [4.69, 9.17) is 4.74 Å². The third-order valence-corrected chi connectivity index (χ3v) is 3.37. The van der Waals surface area contributed by atoms with Gasteiger partial charge >= 0.3 is 0 Å². The molecule has 1 aromatic heterocycles. The van der Waals surface area contributed by atoms with Crippen LogP contribution in [0.5, 0.6) is 0 Å². The fourth-order valence-electron chi connectivity index (χ4n) is 1.55.